The Kier molecular flexibility index (Phi) is 3.44. The number of hydrogen-bond donors (Lipinski definition) is 1. The van der Waals surface area contributed by atoms with Gasteiger partial charge in [0.2, 0.25) is 0 Å². The topological polar surface area (TPSA) is 29.5 Å². The molecule has 0 bridgehead atoms. The molecule has 0 aliphatic heterocycles. The molecule has 0 heterocycles. The fourth-order valence-electron chi connectivity index (χ4n) is 1.27. The summed E-state index contributed by atoms with van der Waals surface area (Å²) < 4.78 is 6.08. The molecule has 1 aliphatic rings. The summed E-state index contributed by atoms with van der Waals surface area (Å²) in [6, 6.07) is 0. The first-order valence-electron chi connectivity index (χ1n) is 5.53. The maximum Gasteiger partial charge on any atom is 0.191 e. The van der Waals surface area contributed by atoms with Crippen LogP contribution in [0.15, 0.2) is 0 Å². The Morgan fingerprint density at radius 1 is 1.29 bits per heavy atom. The van der Waals surface area contributed by atoms with E-state index in [1.807, 2.05) is 0 Å². The first-order valence-corrected chi connectivity index (χ1v) is 8.43. The molecule has 0 radical (unpaired) electrons. The molecule has 0 aromatic carbocycles. The van der Waals surface area contributed by atoms with Crippen LogP contribution in [0.2, 0.25) is 18.1 Å². The van der Waals surface area contributed by atoms with Crippen LogP contribution in [-0.2, 0) is 4.43 Å². The minimum atomic E-state index is -1.55. The van der Waals surface area contributed by atoms with Crippen LogP contribution in [0, 0.1) is 11.8 Å². The molecule has 3 heteroatoms. The largest absolute Gasteiger partial charge is 0.417 e. The van der Waals surface area contributed by atoms with Gasteiger partial charge in [0.25, 0.3) is 0 Å². The summed E-state index contributed by atoms with van der Waals surface area (Å²) in [6.07, 6.45) is 1.16. The van der Waals surface area contributed by atoms with E-state index in [2.05, 4.69) is 33.9 Å². The van der Waals surface area contributed by atoms with Gasteiger partial charge in [0, 0.05) is 13.2 Å². The Hall–Kier alpha value is 0.137. The molecule has 0 aromatic heterocycles. The SMILES string of the molecule is CC(C)(C)[Si](C)(C)OC[C@H]1C[C@H]1CO. The van der Waals surface area contributed by atoms with Crippen molar-refractivity contribution in [2.45, 2.75) is 45.3 Å². The van der Waals surface area contributed by atoms with E-state index in [9.17, 15) is 0 Å². The molecule has 0 aromatic rings. The quantitative estimate of drug-likeness (QED) is 0.732. The smallest absolute Gasteiger partial charge is 0.191 e. The average Bonchev–Trinajstić information content (AvgIpc) is 2.77. The highest BCUT2D eigenvalue weighted by Gasteiger charge is 2.41. The van der Waals surface area contributed by atoms with Gasteiger partial charge < -0.3 is 9.53 Å². The van der Waals surface area contributed by atoms with Crippen molar-refractivity contribution >= 4 is 8.32 Å². The van der Waals surface area contributed by atoms with Crippen LogP contribution in [0.5, 0.6) is 0 Å². The fraction of sp³-hybridized carbons (Fsp3) is 1.00. The minimum Gasteiger partial charge on any atom is -0.417 e. The normalized spacial score (nSPS) is 27.9. The van der Waals surface area contributed by atoms with Gasteiger partial charge in [-0.05, 0) is 36.4 Å². The minimum absolute atomic E-state index is 0.302. The Labute approximate surface area is 88.8 Å². The summed E-state index contributed by atoms with van der Waals surface area (Å²) in [5.74, 6) is 1.16. The van der Waals surface area contributed by atoms with Crippen molar-refractivity contribution in [3.8, 4) is 0 Å². The van der Waals surface area contributed by atoms with E-state index in [1.54, 1.807) is 0 Å². The maximum absolute atomic E-state index is 8.92. The predicted molar refractivity (Wildman–Crippen MR) is 61.8 cm³/mol. The van der Waals surface area contributed by atoms with Gasteiger partial charge in [-0.25, -0.2) is 0 Å². The van der Waals surface area contributed by atoms with Crippen LogP contribution >= 0.6 is 0 Å². The summed E-state index contributed by atoms with van der Waals surface area (Å²) >= 11 is 0. The molecule has 1 N–H and O–H groups in total. The molecule has 0 amide bonds. The predicted octanol–water partition coefficient (Wildman–Crippen LogP) is 2.64. The van der Waals surface area contributed by atoms with Crippen molar-refractivity contribution < 1.29 is 9.53 Å². The molecule has 0 spiro atoms. The second-order valence-electron chi connectivity index (χ2n) is 6.01. The molecular weight excluding hydrogens is 192 g/mol. The van der Waals surface area contributed by atoms with Gasteiger partial charge in [0.05, 0.1) is 0 Å². The Morgan fingerprint density at radius 2 is 1.86 bits per heavy atom. The monoisotopic (exact) mass is 216 g/mol. The lowest BCUT2D eigenvalue weighted by molar-refractivity contribution is 0.232. The zero-order valence-electron chi connectivity index (χ0n) is 10.1. The van der Waals surface area contributed by atoms with Gasteiger partial charge in [-0.3, -0.25) is 0 Å². The van der Waals surface area contributed by atoms with E-state index in [-0.39, 0.29) is 0 Å². The van der Waals surface area contributed by atoms with E-state index >= 15 is 0 Å². The van der Waals surface area contributed by atoms with Gasteiger partial charge in [-0.15, -0.1) is 0 Å². The molecule has 1 fully saturated rings. The Balaban J connectivity index is 2.31. The van der Waals surface area contributed by atoms with Gasteiger partial charge in [0.1, 0.15) is 0 Å². The van der Waals surface area contributed by atoms with Crippen LogP contribution in [-0.4, -0.2) is 26.6 Å². The molecular formula is C11H24O2Si. The van der Waals surface area contributed by atoms with Crippen LogP contribution < -0.4 is 0 Å². The third-order valence-electron chi connectivity index (χ3n) is 3.77. The number of aliphatic hydroxyl groups excluding tert-OH is 1. The van der Waals surface area contributed by atoms with Crippen molar-refractivity contribution in [1.29, 1.82) is 0 Å². The summed E-state index contributed by atoms with van der Waals surface area (Å²) in [7, 11) is -1.55. The third kappa shape index (κ3) is 2.81. The molecule has 1 aliphatic carbocycles. The van der Waals surface area contributed by atoms with Gasteiger partial charge in [0.15, 0.2) is 8.32 Å². The first-order chi connectivity index (χ1) is 6.28. The van der Waals surface area contributed by atoms with Gasteiger partial charge >= 0.3 is 0 Å². The highest BCUT2D eigenvalue weighted by atomic mass is 28.4. The zero-order valence-corrected chi connectivity index (χ0v) is 11.1. The van der Waals surface area contributed by atoms with Crippen LogP contribution in [0.3, 0.4) is 0 Å². The average molecular weight is 216 g/mol. The van der Waals surface area contributed by atoms with Crippen molar-refractivity contribution in [2.75, 3.05) is 13.2 Å². The third-order valence-corrected chi connectivity index (χ3v) is 8.27. The van der Waals surface area contributed by atoms with Crippen molar-refractivity contribution in [3.05, 3.63) is 0 Å². The van der Waals surface area contributed by atoms with Crippen molar-refractivity contribution in [1.82, 2.24) is 0 Å². The van der Waals surface area contributed by atoms with E-state index < -0.39 is 8.32 Å². The lowest BCUT2D eigenvalue weighted by Crippen LogP contribution is -2.41. The number of aliphatic hydroxyl groups is 1. The maximum atomic E-state index is 8.92. The van der Waals surface area contributed by atoms with Crippen LogP contribution in [0.1, 0.15) is 27.2 Å². The molecule has 14 heavy (non-hydrogen) atoms. The van der Waals surface area contributed by atoms with Gasteiger partial charge in [-0.2, -0.15) is 0 Å². The van der Waals surface area contributed by atoms with Crippen LogP contribution in [0.4, 0.5) is 0 Å². The van der Waals surface area contributed by atoms with E-state index in [1.165, 1.54) is 0 Å². The second kappa shape index (κ2) is 3.95. The Bertz CT molecular complexity index is 196. The lowest BCUT2D eigenvalue weighted by atomic mass is 10.2. The molecule has 0 unspecified atom stereocenters. The fourth-order valence-corrected chi connectivity index (χ4v) is 2.33. The molecule has 0 saturated heterocycles. The summed E-state index contributed by atoms with van der Waals surface area (Å²) in [5.41, 5.74) is 0. The molecule has 1 saturated carbocycles. The second-order valence-corrected chi connectivity index (χ2v) is 10.8. The van der Waals surface area contributed by atoms with E-state index in [0.29, 0.717) is 23.5 Å². The molecule has 2 nitrogen and oxygen atoms in total. The molecule has 84 valence electrons. The summed E-state index contributed by atoms with van der Waals surface area (Å²) in [6.45, 7) is 12.5. The van der Waals surface area contributed by atoms with Crippen molar-refractivity contribution in [3.63, 3.8) is 0 Å². The highest BCUT2D eigenvalue weighted by molar-refractivity contribution is 6.74. The zero-order chi connectivity index (χ0) is 11.0. The lowest BCUT2D eigenvalue weighted by Gasteiger charge is -2.36. The van der Waals surface area contributed by atoms with E-state index in [4.69, 9.17) is 9.53 Å². The number of hydrogen-bond acceptors (Lipinski definition) is 2. The molecule has 2 atom stereocenters. The van der Waals surface area contributed by atoms with E-state index in [0.717, 1.165) is 13.0 Å². The van der Waals surface area contributed by atoms with Gasteiger partial charge in [-0.1, -0.05) is 20.8 Å². The van der Waals surface area contributed by atoms with Crippen molar-refractivity contribution in [2.24, 2.45) is 11.8 Å². The first kappa shape index (κ1) is 12.2. The molecule has 1 rings (SSSR count). The number of rotatable bonds is 4. The summed E-state index contributed by atoms with van der Waals surface area (Å²) in [4.78, 5) is 0. The van der Waals surface area contributed by atoms with Crippen LogP contribution in [0.25, 0.3) is 0 Å². The Morgan fingerprint density at radius 3 is 2.21 bits per heavy atom. The standard InChI is InChI=1S/C11H24O2Si/c1-11(2,3)14(4,5)13-8-10-6-9(10)7-12/h9-10,12H,6-8H2,1-5H3/t9-,10+/m0/s1. The highest BCUT2D eigenvalue weighted by Crippen LogP contribution is 2.41. The summed E-state index contributed by atoms with van der Waals surface area (Å²) in [5, 5.41) is 9.22.